The predicted octanol–water partition coefficient (Wildman–Crippen LogP) is 3.16. The Kier molecular flexibility index (Phi) is 2.25. The highest BCUT2D eigenvalue weighted by molar-refractivity contribution is 7.20. The number of aryl methyl sites for hydroxylation is 1. The standard InChI is InChI=1S/C11H10O2S/c1-2-7-4-3-5-8-6-9(11(12)13)14-10(7)8/h3-6H,2H2,1H3,(H,12,13). The fourth-order valence-electron chi connectivity index (χ4n) is 1.51. The molecule has 2 rings (SSSR count). The molecule has 0 bridgehead atoms. The van der Waals surface area contributed by atoms with Gasteiger partial charge in [0.2, 0.25) is 0 Å². The lowest BCUT2D eigenvalue weighted by molar-refractivity contribution is 0.0702. The smallest absolute Gasteiger partial charge is 0.345 e. The third-order valence-corrected chi connectivity index (χ3v) is 3.43. The molecule has 3 heteroatoms. The van der Waals surface area contributed by atoms with Gasteiger partial charge in [0.1, 0.15) is 4.88 Å². The van der Waals surface area contributed by atoms with Gasteiger partial charge in [0.25, 0.3) is 0 Å². The van der Waals surface area contributed by atoms with Gasteiger partial charge in [-0.15, -0.1) is 11.3 Å². The SMILES string of the molecule is CCc1cccc2cc(C(=O)O)sc12. The molecule has 0 aliphatic rings. The highest BCUT2D eigenvalue weighted by Gasteiger charge is 2.09. The van der Waals surface area contributed by atoms with Gasteiger partial charge in [-0.25, -0.2) is 4.79 Å². The number of carbonyl (C=O) groups is 1. The number of benzene rings is 1. The van der Waals surface area contributed by atoms with E-state index in [1.807, 2.05) is 18.2 Å². The van der Waals surface area contributed by atoms with Gasteiger partial charge in [-0.1, -0.05) is 25.1 Å². The Labute approximate surface area is 85.8 Å². The van der Waals surface area contributed by atoms with Gasteiger partial charge in [-0.2, -0.15) is 0 Å². The molecule has 1 aromatic heterocycles. The molecule has 2 aromatic rings. The summed E-state index contributed by atoms with van der Waals surface area (Å²) in [5, 5.41) is 9.89. The van der Waals surface area contributed by atoms with E-state index < -0.39 is 5.97 Å². The van der Waals surface area contributed by atoms with Crippen molar-refractivity contribution in [3.05, 3.63) is 34.7 Å². The summed E-state index contributed by atoms with van der Waals surface area (Å²) in [4.78, 5) is 11.2. The number of hydrogen-bond acceptors (Lipinski definition) is 2. The van der Waals surface area contributed by atoms with Crippen LogP contribution in [0.3, 0.4) is 0 Å². The molecular weight excluding hydrogens is 196 g/mol. The molecule has 0 aliphatic carbocycles. The van der Waals surface area contributed by atoms with E-state index in [0.717, 1.165) is 16.5 Å². The number of carboxylic acid groups (broad SMARTS) is 1. The van der Waals surface area contributed by atoms with Crippen molar-refractivity contribution in [2.75, 3.05) is 0 Å². The fourth-order valence-corrected chi connectivity index (χ4v) is 2.59. The summed E-state index contributed by atoms with van der Waals surface area (Å²) in [6.45, 7) is 2.08. The van der Waals surface area contributed by atoms with Crippen molar-refractivity contribution in [1.82, 2.24) is 0 Å². The van der Waals surface area contributed by atoms with E-state index in [0.29, 0.717) is 4.88 Å². The van der Waals surface area contributed by atoms with Gasteiger partial charge >= 0.3 is 5.97 Å². The van der Waals surface area contributed by atoms with Crippen LogP contribution in [0.15, 0.2) is 24.3 Å². The van der Waals surface area contributed by atoms with Gasteiger partial charge in [-0.05, 0) is 23.4 Å². The second kappa shape index (κ2) is 3.42. The molecule has 1 N–H and O–H groups in total. The zero-order valence-corrected chi connectivity index (χ0v) is 8.60. The van der Waals surface area contributed by atoms with Crippen LogP contribution in [0.4, 0.5) is 0 Å². The molecular formula is C11H10O2S. The highest BCUT2D eigenvalue weighted by Crippen LogP contribution is 2.28. The molecule has 1 aromatic carbocycles. The van der Waals surface area contributed by atoms with E-state index in [1.54, 1.807) is 6.07 Å². The lowest BCUT2D eigenvalue weighted by atomic mass is 10.1. The van der Waals surface area contributed by atoms with Gasteiger partial charge in [0, 0.05) is 4.70 Å². The quantitative estimate of drug-likeness (QED) is 0.819. The van der Waals surface area contributed by atoms with Crippen molar-refractivity contribution in [1.29, 1.82) is 0 Å². The summed E-state index contributed by atoms with van der Waals surface area (Å²) >= 11 is 1.36. The number of carboxylic acids is 1. The summed E-state index contributed by atoms with van der Waals surface area (Å²) in [6.07, 6.45) is 0.941. The molecule has 0 saturated heterocycles. The molecule has 72 valence electrons. The van der Waals surface area contributed by atoms with Crippen molar-refractivity contribution in [2.45, 2.75) is 13.3 Å². The van der Waals surface area contributed by atoms with Crippen LogP contribution in [0.2, 0.25) is 0 Å². The van der Waals surface area contributed by atoms with Crippen LogP contribution in [0.1, 0.15) is 22.2 Å². The van der Waals surface area contributed by atoms with Gasteiger partial charge < -0.3 is 5.11 Å². The van der Waals surface area contributed by atoms with Crippen molar-refractivity contribution >= 4 is 27.4 Å². The van der Waals surface area contributed by atoms with E-state index in [2.05, 4.69) is 6.92 Å². The minimum atomic E-state index is -0.840. The monoisotopic (exact) mass is 206 g/mol. The minimum Gasteiger partial charge on any atom is -0.477 e. The Bertz CT molecular complexity index is 485. The molecule has 14 heavy (non-hydrogen) atoms. The third-order valence-electron chi connectivity index (χ3n) is 2.22. The average molecular weight is 206 g/mol. The van der Waals surface area contributed by atoms with Gasteiger partial charge in [-0.3, -0.25) is 0 Å². The highest BCUT2D eigenvalue weighted by atomic mass is 32.1. The van der Waals surface area contributed by atoms with Gasteiger partial charge in [0.15, 0.2) is 0 Å². The Hall–Kier alpha value is -1.35. The number of hydrogen-bond donors (Lipinski definition) is 1. The number of thiophene rings is 1. The lowest BCUT2D eigenvalue weighted by Crippen LogP contribution is -1.89. The molecule has 0 saturated carbocycles. The average Bonchev–Trinajstić information content (AvgIpc) is 2.60. The first-order valence-electron chi connectivity index (χ1n) is 4.47. The first-order valence-corrected chi connectivity index (χ1v) is 5.28. The molecule has 0 radical (unpaired) electrons. The number of fused-ring (bicyclic) bond motifs is 1. The largest absolute Gasteiger partial charge is 0.477 e. The Morgan fingerprint density at radius 2 is 2.29 bits per heavy atom. The summed E-state index contributed by atoms with van der Waals surface area (Å²) in [5.41, 5.74) is 1.22. The minimum absolute atomic E-state index is 0.418. The normalized spacial score (nSPS) is 10.6. The van der Waals surface area contributed by atoms with Crippen LogP contribution in [0.25, 0.3) is 10.1 Å². The maximum Gasteiger partial charge on any atom is 0.345 e. The van der Waals surface area contributed by atoms with Crippen LogP contribution < -0.4 is 0 Å². The van der Waals surface area contributed by atoms with E-state index in [-0.39, 0.29) is 0 Å². The van der Waals surface area contributed by atoms with Crippen LogP contribution >= 0.6 is 11.3 Å². The second-order valence-corrected chi connectivity index (χ2v) is 4.16. The second-order valence-electron chi connectivity index (χ2n) is 3.10. The molecule has 2 nitrogen and oxygen atoms in total. The zero-order chi connectivity index (χ0) is 10.1. The summed E-state index contributed by atoms with van der Waals surface area (Å²) in [5.74, 6) is -0.840. The molecule has 0 spiro atoms. The summed E-state index contributed by atoms with van der Waals surface area (Å²) in [7, 11) is 0. The first-order chi connectivity index (χ1) is 6.72. The van der Waals surface area contributed by atoms with Crippen molar-refractivity contribution in [3.8, 4) is 0 Å². The Morgan fingerprint density at radius 1 is 1.50 bits per heavy atom. The Morgan fingerprint density at radius 3 is 2.93 bits per heavy atom. The number of aromatic carboxylic acids is 1. The molecule has 0 unspecified atom stereocenters. The van der Waals surface area contributed by atoms with Crippen LogP contribution in [0, 0.1) is 0 Å². The lowest BCUT2D eigenvalue weighted by Gasteiger charge is -1.96. The molecule has 0 fully saturated rings. The van der Waals surface area contributed by atoms with E-state index in [1.165, 1.54) is 16.9 Å². The fraction of sp³-hybridized carbons (Fsp3) is 0.182. The van der Waals surface area contributed by atoms with Crippen molar-refractivity contribution < 1.29 is 9.90 Å². The van der Waals surface area contributed by atoms with E-state index >= 15 is 0 Å². The topological polar surface area (TPSA) is 37.3 Å². The molecule has 0 aliphatic heterocycles. The maximum absolute atomic E-state index is 10.8. The predicted molar refractivity (Wildman–Crippen MR) is 58.2 cm³/mol. The van der Waals surface area contributed by atoms with Crippen LogP contribution in [0.5, 0.6) is 0 Å². The van der Waals surface area contributed by atoms with E-state index in [9.17, 15) is 4.79 Å². The third kappa shape index (κ3) is 1.40. The van der Waals surface area contributed by atoms with E-state index in [4.69, 9.17) is 5.11 Å². The van der Waals surface area contributed by atoms with Gasteiger partial charge in [0.05, 0.1) is 0 Å². The Balaban J connectivity index is 2.70. The maximum atomic E-state index is 10.8. The summed E-state index contributed by atoms with van der Waals surface area (Å²) in [6, 6.07) is 7.71. The molecule has 1 heterocycles. The van der Waals surface area contributed by atoms with Crippen LogP contribution in [-0.2, 0) is 6.42 Å². The number of rotatable bonds is 2. The summed E-state index contributed by atoms with van der Waals surface area (Å²) < 4.78 is 1.10. The molecule has 0 amide bonds. The van der Waals surface area contributed by atoms with Crippen molar-refractivity contribution in [2.24, 2.45) is 0 Å². The van der Waals surface area contributed by atoms with Crippen molar-refractivity contribution in [3.63, 3.8) is 0 Å². The molecule has 0 atom stereocenters. The first kappa shape index (κ1) is 9.21. The van der Waals surface area contributed by atoms with Crippen LogP contribution in [-0.4, -0.2) is 11.1 Å². The zero-order valence-electron chi connectivity index (χ0n) is 7.78.